The van der Waals surface area contributed by atoms with Crippen molar-refractivity contribution >= 4 is 60.8 Å². The number of thioether (sulfide) groups is 1. The number of halogens is 1. The smallest absolute Gasteiger partial charge is 0.190 e. The molecule has 5 nitrogen and oxygen atoms in total. The standard InChI is InChI=1S/C26H30ClN5S2/c1-6-18-15-31(14-16(2)32(18)26(3,4)17-10-8-7-9-11-17)23-20-19-12-13-28-22(27)21(19)34-24(20)30-25(29-23)33-5/h7-13,16,18H,6,14-15H2,1-5H3. The lowest BCUT2D eigenvalue weighted by molar-refractivity contribution is 0.0124. The van der Waals surface area contributed by atoms with E-state index in [4.69, 9.17) is 21.6 Å². The van der Waals surface area contributed by atoms with Crippen LogP contribution in [-0.4, -0.2) is 51.3 Å². The van der Waals surface area contributed by atoms with Crippen molar-refractivity contribution in [2.45, 2.75) is 56.9 Å². The highest BCUT2D eigenvalue weighted by atomic mass is 35.5. The predicted molar refractivity (Wildman–Crippen MR) is 147 cm³/mol. The highest BCUT2D eigenvalue weighted by molar-refractivity contribution is 7.98. The van der Waals surface area contributed by atoms with Gasteiger partial charge in [0.15, 0.2) is 5.16 Å². The van der Waals surface area contributed by atoms with E-state index in [1.165, 1.54) is 5.56 Å². The maximum atomic E-state index is 6.46. The molecule has 1 aliphatic rings. The summed E-state index contributed by atoms with van der Waals surface area (Å²) >= 11 is 9.66. The number of pyridine rings is 1. The first kappa shape index (κ1) is 23.8. The zero-order valence-electron chi connectivity index (χ0n) is 20.2. The van der Waals surface area contributed by atoms with Gasteiger partial charge in [0.05, 0.1) is 10.1 Å². The molecule has 1 fully saturated rings. The summed E-state index contributed by atoms with van der Waals surface area (Å²) in [6, 6.07) is 13.7. The number of anilines is 1. The topological polar surface area (TPSA) is 45.2 Å². The van der Waals surface area contributed by atoms with Gasteiger partial charge in [-0.25, -0.2) is 15.0 Å². The van der Waals surface area contributed by atoms with Crippen LogP contribution in [0.1, 0.15) is 39.7 Å². The van der Waals surface area contributed by atoms with Crippen molar-refractivity contribution in [3.63, 3.8) is 0 Å². The summed E-state index contributed by atoms with van der Waals surface area (Å²) in [7, 11) is 0. The van der Waals surface area contributed by atoms with Crippen molar-refractivity contribution in [1.82, 2.24) is 19.9 Å². The molecule has 0 saturated carbocycles. The SMILES string of the molecule is CCC1CN(c2nc(SC)nc3sc4c(Cl)nccc4c23)CC(C)N1C(C)(C)c1ccccc1. The molecule has 0 amide bonds. The van der Waals surface area contributed by atoms with Crippen molar-refractivity contribution in [3.05, 3.63) is 53.3 Å². The maximum absolute atomic E-state index is 6.46. The van der Waals surface area contributed by atoms with Gasteiger partial charge in [-0.3, -0.25) is 4.90 Å². The molecule has 1 aromatic carbocycles. The van der Waals surface area contributed by atoms with Crippen LogP contribution in [0.25, 0.3) is 20.3 Å². The van der Waals surface area contributed by atoms with Crippen LogP contribution in [0.4, 0.5) is 5.82 Å². The molecule has 1 aliphatic heterocycles. The fourth-order valence-corrected chi connectivity index (χ4v) is 7.28. The molecular weight excluding hydrogens is 482 g/mol. The van der Waals surface area contributed by atoms with Crippen LogP contribution in [-0.2, 0) is 5.54 Å². The molecular formula is C26H30ClN5S2. The zero-order chi connectivity index (χ0) is 24.0. The van der Waals surface area contributed by atoms with E-state index in [1.54, 1.807) is 29.3 Å². The van der Waals surface area contributed by atoms with Crippen LogP contribution in [0, 0.1) is 0 Å². The van der Waals surface area contributed by atoms with Gasteiger partial charge in [0, 0.05) is 42.3 Å². The third-order valence-corrected chi connectivity index (χ3v) is 9.08. The molecule has 34 heavy (non-hydrogen) atoms. The van der Waals surface area contributed by atoms with Crippen molar-refractivity contribution < 1.29 is 0 Å². The van der Waals surface area contributed by atoms with Crippen molar-refractivity contribution in [2.75, 3.05) is 24.2 Å². The molecule has 0 spiro atoms. The van der Waals surface area contributed by atoms with E-state index in [0.717, 1.165) is 50.8 Å². The van der Waals surface area contributed by atoms with Gasteiger partial charge in [0.1, 0.15) is 15.8 Å². The Bertz CT molecular complexity index is 1320. The highest BCUT2D eigenvalue weighted by Gasteiger charge is 2.41. The molecule has 0 bridgehead atoms. The number of hydrogen-bond donors (Lipinski definition) is 0. The third-order valence-electron chi connectivity index (χ3n) is 7.03. The van der Waals surface area contributed by atoms with Gasteiger partial charge in [0.2, 0.25) is 0 Å². The third kappa shape index (κ3) is 3.96. The van der Waals surface area contributed by atoms with Crippen LogP contribution < -0.4 is 4.90 Å². The first-order valence-electron chi connectivity index (χ1n) is 11.7. The number of rotatable bonds is 5. The number of nitrogens with zero attached hydrogens (tertiary/aromatic N) is 5. The zero-order valence-corrected chi connectivity index (χ0v) is 22.6. The molecule has 3 aromatic heterocycles. The molecule has 8 heteroatoms. The van der Waals surface area contributed by atoms with E-state index < -0.39 is 0 Å². The minimum atomic E-state index is -0.0624. The lowest BCUT2D eigenvalue weighted by Gasteiger charge is -2.53. The average Bonchev–Trinajstić information content (AvgIpc) is 3.23. The summed E-state index contributed by atoms with van der Waals surface area (Å²) in [6.07, 6.45) is 4.88. The second kappa shape index (κ2) is 9.26. The van der Waals surface area contributed by atoms with Gasteiger partial charge in [0.25, 0.3) is 0 Å². The highest BCUT2D eigenvalue weighted by Crippen LogP contribution is 2.43. The number of aromatic nitrogens is 3. The Hall–Kier alpha value is -1.93. The molecule has 0 radical (unpaired) electrons. The largest absolute Gasteiger partial charge is 0.353 e. The minimum Gasteiger partial charge on any atom is -0.353 e. The minimum absolute atomic E-state index is 0.0624. The van der Waals surface area contributed by atoms with Crippen LogP contribution in [0.2, 0.25) is 5.15 Å². The van der Waals surface area contributed by atoms with E-state index in [0.29, 0.717) is 17.2 Å². The molecule has 5 rings (SSSR count). The van der Waals surface area contributed by atoms with Crippen LogP contribution in [0.15, 0.2) is 47.8 Å². The molecule has 2 unspecified atom stereocenters. The molecule has 0 aliphatic carbocycles. The predicted octanol–water partition coefficient (Wildman–Crippen LogP) is 6.84. The van der Waals surface area contributed by atoms with Gasteiger partial charge < -0.3 is 4.90 Å². The van der Waals surface area contributed by atoms with Gasteiger partial charge in [-0.15, -0.1) is 11.3 Å². The summed E-state index contributed by atoms with van der Waals surface area (Å²) in [5.74, 6) is 1.02. The van der Waals surface area contributed by atoms with Gasteiger partial charge in [-0.1, -0.05) is 60.6 Å². The molecule has 0 N–H and O–H groups in total. The van der Waals surface area contributed by atoms with Gasteiger partial charge >= 0.3 is 0 Å². The normalized spacial score (nSPS) is 19.9. The quantitative estimate of drug-likeness (QED) is 0.166. The molecule has 4 heterocycles. The molecule has 2 atom stereocenters. The van der Waals surface area contributed by atoms with Gasteiger partial charge in [-0.2, -0.15) is 0 Å². The lowest BCUT2D eigenvalue weighted by Crippen LogP contribution is -2.63. The average molecular weight is 512 g/mol. The Morgan fingerprint density at radius 2 is 1.91 bits per heavy atom. The molecule has 1 saturated heterocycles. The summed E-state index contributed by atoms with van der Waals surface area (Å²) in [5.41, 5.74) is 1.29. The first-order chi connectivity index (χ1) is 16.3. The van der Waals surface area contributed by atoms with Crippen molar-refractivity contribution in [1.29, 1.82) is 0 Å². The summed E-state index contributed by atoms with van der Waals surface area (Å²) in [6.45, 7) is 11.2. The van der Waals surface area contributed by atoms with E-state index in [9.17, 15) is 0 Å². The Balaban J connectivity index is 1.59. The Labute approximate surface area is 214 Å². The monoisotopic (exact) mass is 511 g/mol. The summed E-state index contributed by atoms with van der Waals surface area (Å²) in [4.78, 5) is 20.3. The summed E-state index contributed by atoms with van der Waals surface area (Å²) < 4.78 is 0.983. The maximum Gasteiger partial charge on any atom is 0.190 e. The lowest BCUT2D eigenvalue weighted by atomic mass is 9.87. The Morgan fingerprint density at radius 3 is 2.62 bits per heavy atom. The first-order valence-corrected chi connectivity index (χ1v) is 14.1. The fourth-order valence-electron chi connectivity index (χ4n) is 5.54. The number of benzene rings is 1. The number of fused-ring (bicyclic) bond motifs is 3. The van der Waals surface area contributed by atoms with E-state index >= 15 is 0 Å². The second-order valence-corrected chi connectivity index (χ2v) is 11.6. The van der Waals surface area contributed by atoms with Crippen molar-refractivity contribution in [3.8, 4) is 0 Å². The fraction of sp³-hybridized carbons (Fsp3) is 0.423. The van der Waals surface area contributed by atoms with E-state index in [2.05, 4.69) is 72.8 Å². The second-order valence-electron chi connectivity index (χ2n) is 9.44. The molecule has 4 aromatic rings. The van der Waals surface area contributed by atoms with Gasteiger partial charge in [-0.05, 0) is 45.1 Å². The van der Waals surface area contributed by atoms with Crippen LogP contribution in [0.3, 0.4) is 0 Å². The number of piperazine rings is 1. The van der Waals surface area contributed by atoms with E-state index in [-0.39, 0.29) is 5.54 Å². The molecule has 178 valence electrons. The Morgan fingerprint density at radius 1 is 1.15 bits per heavy atom. The van der Waals surface area contributed by atoms with E-state index in [1.807, 2.05) is 12.3 Å². The Kier molecular flexibility index (Phi) is 6.48. The van der Waals surface area contributed by atoms with Crippen LogP contribution in [0.5, 0.6) is 0 Å². The number of thiophene rings is 1. The van der Waals surface area contributed by atoms with Crippen LogP contribution >= 0.6 is 34.7 Å². The van der Waals surface area contributed by atoms with Crippen molar-refractivity contribution in [2.24, 2.45) is 0 Å². The summed E-state index contributed by atoms with van der Waals surface area (Å²) in [5, 5.41) is 3.52. The number of hydrogen-bond acceptors (Lipinski definition) is 7.